The Hall–Kier alpha value is -1.88. The van der Waals surface area contributed by atoms with Crippen LogP contribution in [0.5, 0.6) is 0 Å². The fourth-order valence-corrected chi connectivity index (χ4v) is 2.70. The number of nitrogens with two attached hydrogens (primary N) is 1. The number of nitrogens with zero attached hydrogens (tertiary/aromatic N) is 2. The second-order valence-electron chi connectivity index (χ2n) is 4.49. The average Bonchev–Trinajstić information content (AvgIpc) is 2.88. The van der Waals surface area contributed by atoms with Crippen molar-refractivity contribution >= 4 is 23.0 Å². The van der Waals surface area contributed by atoms with Crippen LogP contribution in [0.3, 0.4) is 0 Å². The summed E-state index contributed by atoms with van der Waals surface area (Å²) >= 11 is 1.76. The van der Waals surface area contributed by atoms with Gasteiger partial charge in [0.15, 0.2) is 0 Å². The van der Waals surface area contributed by atoms with E-state index in [9.17, 15) is 0 Å². The minimum Gasteiger partial charge on any atom is -0.384 e. The van der Waals surface area contributed by atoms with E-state index in [2.05, 4.69) is 27.4 Å². The molecule has 2 aromatic heterocycles. The zero-order chi connectivity index (χ0) is 13.8. The van der Waals surface area contributed by atoms with Gasteiger partial charge in [-0.1, -0.05) is 6.07 Å². The minimum absolute atomic E-state index is 0.0728. The first-order valence-corrected chi connectivity index (χ1v) is 7.01. The van der Waals surface area contributed by atoms with Gasteiger partial charge < -0.3 is 10.6 Å². The van der Waals surface area contributed by atoms with Crippen molar-refractivity contribution in [1.82, 2.24) is 4.98 Å². The Labute approximate surface area is 117 Å². The van der Waals surface area contributed by atoms with Crippen LogP contribution >= 0.6 is 11.3 Å². The van der Waals surface area contributed by atoms with E-state index >= 15 is 0 Å². The van der Waals surface area contributed by atoms with Crippen LogP contribution < -0.4 is 10.6 Å². The number of hydrogen-bond acceptors (Lipinski definition) is 4. The Kier molecular flexibility index (Phi) is 4.16. The number of likely N-dealkylation sites (N-methyl/N-ethyl adjacent to an activating group) is 1. The van der Waals surface area contributed by atoms with E-state index in [0.717, 1.165) is 29.9 Å². The number of anilines is 1. The van der Waals surface area contributed by atoms with Crippen LogP contribution in [0.15, 0.2) is 29.8 Å². The highest BCUT2D eigenvalue weighted by molar-refractivity contribution is 7.09. The van der Waals surface area contributed by atoms with E-state index in [1.807, 2.05) is 20.0 Å². The van der Waals surface area contributed by atoms with Crippen molar-refractivity contribution in [1.29, 1.82) is 5.41 Å². The summed E-state index contributed by atoms with van der Waals surface area (Å²) in [5, 5.41) is 9.78. The van der Waals surface area contributed by atoms with Gasteiger partial charge in [-0.3, -0.25) is 5.41 Å². The lowest BCUT2D eigenvalue weighted by molar-refractivity contribution is 0.866. The van der Waals surface area contributed by atoms with Crippen molar-refractivity contribution in [3.8, 4) is 0 Å². The topological polar surface area (TPSA) is 66.0 Å². The maximum atomic E-state index is 7.70. The molecular weight excluding hydrogens is 256 g/mol. The molecule has 0 fully saturated rings. The number of hydrogen-bond donors (Lipinski definition) is 2. The van der Waals surface area contributed by atoms with Gasteiger partial charge in [0, 0.05) is 24.7 Å². The van der Waals surface area contributed by atoms with Crippen LogP contribution in [-0.2, 0) is 6.42 Å². The monoisotopic (exact) mass is 274 g/mol. The van der Waals surface area contributed by atoms with Gasteiger partial charge in [-0.25, -0.2) is 4.98 Å². The van der Waals surface area contributed by atoms with Crippen LogP contribution in [0.1, 0.15) is 16.0 Å². The quantitative estimate of drug-likeness (QED) is 0.650. The third-order valence-electron chi connectivity index (χ3n) is 3.04. The highest BCUT2D eigenvalue weighted by atomic mass is 32.1. The van der Waals surface area contributed by atoms with Crippen molar-refractivity contribution in [2.75, 3.05) is 18.5 Å². The summed E-state index contributed by atoms with van der Waals surface area (Å²) in [6, 6.07) is 6.08. The number of aromatic nitrogens is 1. The molecule has 0 bridgehead atoms. The lowest BCUT2D eigenvalue weighted by atomic mass is 10.1. The molecule has 0 spiro atoms. The molecular formula is C14H18N4S. The molecule has 0 aliphatic carbocycles. The highest BCUT2D eigenvalue weighted by Crippen LogP contribution is 2.20. The molecule has 100 valence electrons. The van der Waals surface area contributed by atoms with Crippen molar-refractivity contribution in [3.63, 3.8) is 0 Å². The molecule has 0 radical (unpaired) electrons. The maximum absolute atomic E-state index is 7.70. The number of thiophene rings is 1. The van der Waals surface area contributed by atoms with Crippen LogP contribution in [0, 0.1) is 12.3 Å². The fraction of sp³-hybridized carbons (Fsp3) is 0.286. The molecule has 2 heterocycles. The molecule has 0 saturated heterocycles. The first kappa shape index (κ1) is 13.5. The summed E-state index contributed by atoms with van der Waals surface area (Å²) in [5.41, 5.74) is 7.38. The van der Waals surface area contributed by atoms with Gasteiger partial charge in [0.05, 0.1) is 5.56 Å². The van der Waals surface area contributed by atoms with Gasteiger partial charge in [-0.15, -0.1) is 11.3 Å². The molecule has 0 unspecified atom stereocenters. The van der Waals surface area contributed by atoms with E-state index in [1.165, 1.54) is 4.88 Å². The summed E-state index contributed by atoms with van der Waals surface area (Å²) in [6.07, 6.45) is 2.74. The standard InChI is InChI=1S/C14H18N4S/c1-10-5-7-17-14(12(10)13(15)16)18(2)8-6-11-4-3-9-19-11/h3-5,7,9H,6,8H2,1-2H3,(H3,15,16). The maximum Gasteiger partial charge on any atom is 0.139 e. The summed E-state index contributed by atoms with van der Waals surface area (Å²) in [7, 11) is 1.99. The largest absolute Gasteiger partial charge is 0.384 e. The van der Waals surface area contributed by atoms with Crippen LogP contribution in [0.4, 0.5) is 5.82 Å². The van der Waals surface area contributed by atoms with Crippen molar-refractivity contribution < 1.29 is 0 Å². The van der Waals surface area contributed by atoms with Crippen molar-refractivity contribution in [2.24, 2.45) is 5.73 Å². The summed E-state index contributed by atoms with van der Waals surface area (Å²) in [6.45, 7) is 2.81. The van der Waals surface area contributed by atoms with Crippen LogP contribution in [0.25, 0.3) is 0 Å². The summed E-state index contributed by atoms with van der Waals surface area (Å²) in [4.78, 5) is 7.78. The molecule has 0 amide bonds. The second kappa shape index (κ2) is 5.84. The Balaban J connectivity index is 2.16. The zero-order valence-electron chi connectivity index (χ0n) is 11.2. The molecule has 0 aliphatic heterocycles. The normalized spacial score (nSPS) is 10.4. The third-order valence-corrected chi connectivity index (χ3v) is 3.98. The second-order valence-corrected chi connectivity index (χ2v) is 5.52. The molecule has 3 N–H and O–H groups in total. The van der Waals surface area contributed by atoms with Gasteiger partial charge in [0.25, 0.3) is 0 Å². The Bertz CT molecular complexity index is 563. The van der Waals surface area contributed by atoms with Gasteiger partial charge in [-0.2, -0.15) is 0 Å². The summed E-state index contributed by atoms with van der Waals surface area (Å²) in [5.74, 6) is 0.854. The first-order valence-electron chi connectivity index (χ1n) is 6.13. The molecule has 2 rings (SSSR count). The lowest BCUT2D eigenvalue weighted by Gasteiger charge is -2.21. The Morgan fingerprint density at radius 2 is 2.26 bits per heavy atom. The number of amidine groups is 1. The number of nitrogen functional groups attached to an aromatic ring is 1. The predicted molar refractivity (Wildman–Crippen MR) is 81.3 cm³/mol. The van der Waals surface area contributed by atoms with E-state index in [1.54, 1.807) is 17.5 Å². The van der Waals surface area contributed by atoms with Crippen molar-refractivity contribution in [2.45, 2.75) is 13.3 Å². The lowest BCUT2D eigenvalue weighted by Crippen LogP contribution is -2.26. The molecule has 5 heteroatoms. The number of aryl methyl sites for hydroxylation is 1. The molecule has 0 atom stereocenters. The number of pyridine rings is 1. The summed E-state index contributed by atoms with van der Waals surface area (Å²) < 4.78 is 0. The fourth-order valence-electron chi connectivity index (χ4n) is 2.00. The Morgan fingerprint density at radius 1 is 1.47 bits per heavy atom. The smallest absolute Gasteiger partial charge is 0.139 e. The van der Waals surface area contributed by atoms with Crippen LogP contribution in [0.2, 0.25) is 0 Å². The SMILES string of the molecule is Cc1ccnc(N(C)CCc2cccs2)c1C(=N)N. The van der Waals surface area contributed by atoms with Crippen molar-refractivity contribution in [3.05, 3.63) is 45.8 Å². The van der Waals surface area contributed by atoms with E-state index < -0.39 is 0 Å². The average molecular weight is 274 g/mol. The van der Waals surface area contributed by atoms with E-state index in [-0.39, 0.29) is 5.84 Å². The zero-order valence-corrected chi connectivity index (χ0v) is 12.0. The van der Waals surface area contributed by atoms with E-state index in [4.69, 9.17) is 11.1 Å². The third kappa shape index (κ3) is 3.12. The molecule has 0 saturated carbocycles. The highest BCUT2D eigenvalue weighted by Gasteiger charge is 2.13. The van der Waals surface area contributed by atoms with Crippen LogP contribution in [-0.4, -0.2) is 24.4 Å². The van der Waals surface area contributed by atoms with E-state index in [0.29, 0.717) is 0 Å². The molecule has 19 heavy (non-hydrogen) atoms. The first-order chi connectivity index (χ1) is 9.09. The molecule has 2 aromatic rings. The molecule has 0 aromatic carbocycles. The van der Waals surface area contributed by atoms with Gasteiger partial charge >= 0.3 is 0 Å². The minimum atomic E-state index is 0.0728. The Morgan fingerprint density at radius 3 is 2.89 bits per heavy atom. The predicted octanol–water partition coefficient (Wildman–Crippen LogP) is 2.41. The number of rotatable bonds is 5. The van der Waals surface area contributed by atoms with Gasteiger partial charge in [0.1, 0.15) is 11.7 Å². The molecule has 4 nitrogen and oxygen atoms in total. The van der Waals surface area contributed by atoms with Gasteiger partial charge in [-0.05, 0) is 36.4 Å². The van der Waals surface area contributed by atoms with Gasteiger partial charge in [0.2, 0.25) is 0 Å². The number of nitrogens with one attached hydrogen (secondary N) is 1. The molecule has 0 aliphatic rings.